The number of anilines is 1. The van der Waals surface area contributed by atoms with Crippen molar-refractivity contribution in [3.63, 3.8) is 0 Å². The summed E-state index contributed by atoms with van der Waals surface area (Å²) in [5.41, 5.74) is 1.79. The monoisotopic (exact) mass is 473 g/mol. The second-order valence-electron chi connectivity index (χ2n) is 7.81. The van der Waals surface area contributed by atoms with Crippen molar-refractivity contribution < 1.29 is 31.8 Å². The Morgan fingerprint density at radius 3 is 2.74 bits per heavy atom. The molecule has 0 saturated carbocycles. The Morgan fingerprint density at radius 2 is 1.91 bits per heavy atom. The molecule has 0 bridgehead atoms. The third-order valence-electron chi connectivity index (χ3n) is 5.79. The molecular weight excluding hydrogens is 458 g/mol. The SMILES string of the molecule is Fc1ccc2c3c1CNc1c(cc(-c4cccnc4OC(F)(F)F)c4nncn14)OC[C@H]3CO2. The second-order valence-corrected chi connectivity index (χ2v) is 7.81. The van der Waals surface area contributed by atoms with Gasteiger partial charge in [-0.1, -0.05) is 0 Å². The van der Waals surface area contributed by atoms with Gasteiger partial charge in [0.15, 0.2) is 17.2 Å². The van der Waals surface area contributed by atoms with Gasteiger partial charge in [0.2, 0.25) is 5.88 Å². The second kappa shape index (κ2) is 7.47. The molecule has 6 rings (SSSR count). The lowest BCUT2D eigenvalue weighted by Crippen LogP contribution is -2.18. The smallest absolute Gasteiger partial charge is 0.493 e. The molecule has 34 heavy (non-hydrogen) atoms. The summed E-state index contributed by atoms with van der Waals surface area (Å²) < 4.78 is 71.1. The molecule has 2 aliphatic heterocycles. The molecule has 0 radical (unpaired) electrons. The van der Waals surface area contributed by atoms with Crippen LogP contribution in [0, 0.1) is 5.82 Å². The fourth-order valence-corrected chi connectivity index (χ4v) is 4.37. The Morgan fingerprint density at radius 1 is 1.09 bits per heavy atom. The van der Waals surface area contributed by atoms with Crippen LogP contribution in [0.5, 0.6) is 17.4 Å². The van der Waals surface area contributed by atoms with E-state index in [4.69, 9.17) is 9.47 Å². The number of halogens is 4. The quantitative estimate of drug-likeness (QED) is 0.435. The van der Waals surface area contributed by atoms with Gasteiger partial charge < -0.3 is 19.5 Å². The first-order valence-electron chi connectivity index (χ1n) is 10.3. The molecule has 0 spiro atoms. The van der Waals surface area contributed by atoms with Gasteiger partial charge in [-0.2, -0.15) is 0 Å². The fourth-order valence-electron chi connectivity index (χ4n) is 4.37. The van der Waals surface area contributed by atoms with Crippen LogP contribution in [0.25, 0.3) is 16.8 Å². The van der Waals surface area contributed by atoms with E-state index in [9.17, 15) is 17.6 Å². The summed E-state index contributed by atoms with van der Waals surface area (Å²) in [4.78, 5) is 3.75. The molecule has 1 aromatic carbocycles. The highest BCUT2D eigenvalue weighted by atomic mass is 19.4. The lowest BCUT2D eigenvalue weighted by molar-refractivity contribution is -0.275. The highest BCUT2D eigenvalue weighted by Gasteiger charge is 2.34. The molecule has 4 aromatic rings. The normalized spacial score (nSPS) is 16.9. The van der Waals surface area contributed by atoms with Crippen molar-refractivity contribution in [3.8, 4) is 28.5 Å². The maximum Gasteiger partial charge on any atom is 0.574 e. The van der Waals surface area contributed by atoms with Gasteiger partial charge in [-0.05, 0) is 30.3 Å². The molecule has 1 atom stereocenters. The fraction of sp³-hybridized carbons (Fsp3) is 0.227. The summed E-state index contributed by atoms with van der Waals surface area (Å²) in [6.07, 6.45) is -2.33. The van der Waals surface area contributed by atoms with Crippen LogP contribution in [-0.4, -0.2) is 39.2 Å². The number of pyridine rings is 2. The van der Waals surface area contributed by atoms with Crippen LogP contribution >= 0.6 is 0 Å². The van der Waals surface area contributed by atoms with E-state index >= 15 is 0 Å². The summed E-state index contributed by atoms with van der Waals surface area (Å²) in [6, 6.07) is 7.44. The van der Waals surface area contributed by atoms with Crippen LogP contribution in [0.15, 0.2) is 42.9 Å². The zero-order valence-electron chi connectivity index (χ0n) is 17.3. The Hall–Kier alpha value is -4.09. The van der Waals surface area contributed by atoms with Gasteiger partial charge in [-0.3, -0.25) is 4.40 Å². The minimum absolute atomic E-state index is 0.0601. The third kappa shape index (κ3) is 3.33. The highest BCUT2D eigenvalue weighted by Crippen LogP contribution is 2.43. The van der Waals surface area contributed by atoms with Crippen LogP contribution < -0.4 is 19.5 Å². The van der Waals surface area contributed by atoms with Gasteiger partial charge in [-0.15, -0.1) is 23.4 Å². The number of rotatable bonds is 2. The first-order valence-corrected chi connectivity index (χ1v) is 10.3. The van der Waals surface area contributed by atoms with Crippen molar-refractivity contribution in [3.05, 3.63) is 59.8 Å². The molecule has 5 heterocycles. The maximum atomic E-state index is 14.7. The molecule has 1 N–H and O–H groups in total. The summed E-state index contributed by atoms with van der Waals surface area (Å²) in [7, 11) is 0. The van der Waals surface area contributed by atoms with E-state index < -0.39 is 12.2 Å². The van der Waals surface area contributed by atoms with Crippen LogP contribution in [0.4, 0.5) is 23.4 Å². The summed E-state index contributed by atoms with van der Waals surface area (Å²) in [6.45, 7) is 0.631. The number of nitrogens with one attached hydrogen (secondary N) is 1. The number of hydrogen-bond donors (Lipinski definition) is 1. The Balaban J connectivity index is 1.50. The van der Waals surface area contributed by atoms with Crippen molar-refractivity contribution in [2.45, 2.75) is 18.8 Å². The van der Waals surface area contributed by atoms with E-state index in [1.807, 2.05) is 0 Å². The number of nitrogens with zero attached hydrogens (tertiary/aromatic N) is 4. The van der Waals surface area contributed by atoms with Gasteiger partial charge in [0.05, 0.1) is 19.1 Å². The van der Waals surface area contributed by atoms with Crippen molar-refractivity contribution in [2.24, 2.45) is 0 Å². The van der Waals surface area contributed by atoms with Crippen molar-refractivity contribution >= 4 is 11.5 Å². The van der Waals surface area contributed by atoms with E-state index in [2.05, 4.69) is 25.2 Å². The highest BCUT2D eigenvalue weighted by molar-refractivity contribution is 5.84. The summed E-state index contributed by atoms with van der Waals surface area (Å²) in [5, 5.41) is 11.2. The number of alkyl halides is 3. The average molecular weight is 473 g/mol. The molecule has 0 saturated heterocycles. The van der Waals surface area contributed by atoms with E-state index in [1.165, 1.54) is 30.7 Å². The van der Waals surface area contributed by atoms with Gasteiger partial charge in [-0.25, -0.2) is 9.37 Å². The Kier molecular flexibility index (Phi) is 4.51. The predicted octanol–water partition coefficient (Wildman–Crippen LogP) is 4.31. The number of benzene rings is 1. The number of ether oxygens (including phenoxy) is 3. The first-order chi connectivity index (χ1) is 16.4. The van der Waals surface area contributed by atoms with Gasteiger partial charge in [0.1, 0.15) is 17.9 Å². The molecule has 8 nitrogen and oxygen atoms in total. The number of aromatic nitrogens is 4. The van der Waals surface area contributed by atoms with E-state index in [-0.39, 0.29) is 41.7 Å². The Labute approximate surface area is 189 Å². The zero-order valence-corrected chi connectivity index (χ0v) is 17.3. The Bertz CT molecular complexity index is 1420. The van der Waals surface area contributed by atoms with Gasteiger partial charge in [0.25, 0.3) is 0 Å². The van der Waals surface area contributed by atoms with Gasteiger partial charge in [0, 0.05) is 35.0 Å². The van der Waals surface area contributed by atoms with E-state index in [0.29, 0.717) is 29.5 Å². The van der Waals surface area contributed by atoms with E-state index in [0.717, 1.165) is 5.56 Å². The molecule has 2 aliphatic rings. The number of hydrogen-bond acceptors (Lipinski definition) is 7. The molecule has 0 aliphatic carbocycles. The van der Waals surface area contributed by atoms with E-state index in [1.54, 1.807) is 16.5 Å². The average Bonchev–Trinajstić information content (AvgIpc) is 3.44. The largest absolute Gasteiger partial charge is 0.574 e. The lowest BCUT2D eigenvalue weighted by atomic mass is 9.96. The summed E-state index contributed by atoms with van der Waals surface area (Å²) >= 11 is 0. The van der Waals surface area contributed by atoms with Crippen LogP contribution in [0.1, 0.15) is 17.0 Å². The predicted molar refractivity (Wildman–Crippen MR) is 110 cm³/mol. The minimum Gasteiger partial charge on any atom is -0.493 e. The topological polar surface area (TPSA) is 82.8 Å². The molecule has 0 unspecified atom stereocenters. The van der Waals surface area contributed by atoms with Gasteiger partial charge >= 0.3 is 6.36 Å². The maximum absolute atomic E-state index is 14.7. The molecule has 3 aromatic heterocycles. The molecule has 174 valence electrons. The van der Waals surface area contributed by atoms with Crippen LogP contribution in [-0.2, 0) is 6.54 Å². The standard InChI is InChI=1S/C22H15F4N5O3/c23-15-3-4-16-18-11(8-32-16)9-33-17-6-13(12-2-1-5-27-21(12)34-22(24,25)26)19-30-29-10-31(19)20(17)28-7-14(15)18/h1-6,10-11,28H,7-9H2/t11-/m1/s1. The minimum atomic E-state index is -4.93. The van der Waals surface area contributed by atoms with Crippen molar-refractivity contribution in [1.82, 2.24) is 19.6 Å². The number of fused-ring (bicyclic) bond motifs is 3. The summed E-state index contributed by atoms with van der Waals surface area (Å²) in [5.74, 6) is 0.160. The van der Waals surface area contributed by atoms with Crippen LogP contribution in [0.3, 0.4) is 0 Å². The molecule has 0 amide bonds. The van der Waals surface area contributed by atoms with Crippen molar-refractivity contribution in [2.75, 3.05) is 18.5 Å². The van der Waals surface area contributed by atoms with Crippen molar-refractivity contribution in [1.29, 1.82) is 0 Å². The molecule has 0 fully saturated rings. The third-order valence-corrected chi connectivity index (χ3v) is 5.79. The molecule has 12 heteroatoms. The molecular formula is C22H15F4N5O3. The first kappa shape index (κ1) is 20.5. The lowest BCUT2D eigenvalue weighted by Gasteiger charge is -2.18. The van der Waals surface area contributed by atoms with Crippen LogP contribution in [0.2, 0.25) is 0 Å². The zero-order chi connectivity index (χ0) is 23.4.